The van der Waals surface area contributed by atoms with Crippen molar-refractivity contribution in [2.45, 2.75) is 32.7 Å². The molecule has 0 aliphatic carbocycles. The first kappa shape index (κ1) is 15.4. The third-order valence-electron chi connectivity index (χ3n) is 3.40. The molecule has 112 valence electrons. The Morgan fingerprint density at radius 2 is 1.90 bits per heavy atom. The van der Waals surface area contributed by atoms with E-state index in [2.05, 4.69) is 31.1 Å². The minimum Gasteiger partial charge on any atom is -0.480 e. The lowest BCUT2D eigenvalue weighted by atomic mass is 9.98. The number of carbonyl (C=O) groups is 1. The molecule has 1 fully saturated rings. The maximum atomic E-state index is 10.7. The van der Waals surface area contributed by atoms with E-state index in [1.54, 1.807) is 11.3 Å². The number of aromatic nitrogens is 1. The fourth-order valence-electron chi connectivity index (χ4n) is 2.25. The maximum Gasteiger partial charge on any atom is 0.317 e. The van der Waals surface area contributed by atoms with Gasteiger partial charge in [0.1, 0.15) is 0 Å². The third kappa shape index (κ3) is 4.26. The first-order chi connectivity index (χ1) is 9.34. The SMILES string of the molecule is CC(C)(C)c1nc(CN2CCN(CC(=O)O)CC2)cs1. The van der Waals surface area contributed by atoms with Gasteiger partial charge in [-0.25, -0.2) is 4.98 Å². The number of nitrogens with zero attached hydrogens (tertiary/aromatic N) is 3. The highest BCUT2D eigenvalue weighted by Gasteiger charge is 2.21. The second-order valence-corrected chi connectivity index (χ2v) is 7.20. The normalized spacial score (nSPS) is 18.4. The van der Waals surface area contributed by atoms with E-state index in [9.17, 15) is 4.79 Å². The summed E-state index contributed by atoms with van der Waals surface area (Å²) in [6.45, 7) is 11.0. The van der Waals surface area contributed by atoms with Crippen molar-refractivity contribution in [1.82, 2.24) is 14.8 Å². The van der Waals surface area contributed by atoms with Gasteiger partial charge in [0.05, 0.1) is 17.2 Å². The summed E-state index contributed by atoms with van der Waals surface area (Å²) in [5.41, 5.74) is 1.25. The van der Waals surface area contributed by atoms with Gasteiger partial charge in [-0.15, -0.1) is 11.3 Å². The number of carboxylic acids is 1. The minimum atomic E-state index is -0.743. The standard InChI is InChI=1S/C14H23N3O2S/c1-14(2,3)13-15-11(10-20-13)8-16-4-6-17(7-5-16)9-12(18)19/h10H,4-9H2,1-3H3,(H,18,19). The van der Waals surface area contributed by atoms with E-state index in [4.69, 9.17) is 10.1 Å². The van der Waals surface area contributed by atoms with Crippen LogP contribution >= 0.6 is 11.3 Å². The van der Waals surface area contributed by atoms with Gasteiger partial charge in [-0.2, -0.15) is 0 Å². The Bertz CT molecular complexity index is 459. The predicted molar refractivity (Wildman–Crippen MR) is 80.2 cm³/mol. The van der Waals surface area contributed by atoms with E-state index in [0.717, 1.165) is 38.4 Å². The summed E-state index contributed by atoms with van der Waals surface area (Å²) >= 11 is 1.73. The van der Waals surface area contributed by atoms with Crippen molar-refractivity contribution in [2.24, 2.45) is 0 Å². The van der Waals surface area contributed by atoms with Crippen LogP contribution in [0.3, 0.4) is 0 Å². The van der Waals surface area contributed by atoms with E-state index in [0.29, 0.717) is 0 Å². The average molecular weight is 297 g/mol. The highest BCUT2D eigenvalue weighted by molar-refractivity contribution is 7.09. The Labute approximate surface area is 124 Å². The number of hydrogen-bond acceptors (Lipinski definition) is 5. The van der Waals surface area contributed by atoms with Crippen LogP contribution in [0.4, 0.5) is 0 Å². The van der Waals surface area contributed by atoms with Gasteiger partial charge in [0.25, 0.3) is 0 Å². The fraction of sp³-hybridized carbons (Fsp3) is 0.714. The topological polar surface area (TPSA) is 56.7 Å². The van der Waals surface area contributed by atoms with Gasteiger partial charge in [-0.1, -0.05) is 20.8 Å². The Morgan fingerprint density at radius 1 is 1.30 bits per heavy atom. The van der Waals surface area contributed by atoms with Crippen LogP contribution in [0.25, 0.3) is 0 Å². The molecule has 1 aromatic heterocycles. The Kier molecular flexibility index (Phi) is 4.78. The van der Waals surface area contributed by atoms with Crippen LogP contribution < -0.4 is 0 Å². The third-order valence-corrected chi connectivity index (χ3v) is 4.72. The molecule has 0 atom stereocenters. The van der Waals surface area contributed by atoms with Crippen molar-refractivity contribution in [3.8, 4) is 0 Å². The van der Waals surface area contributed by atoms with E-state index in [1.807, 2.05) is 4.90 Å². The molecule has 2 rings (SSSR count). The van der Waals surface area contributed by atoms with Gasteiger partial charge in [-0.3, -0.25) is 14.6 Å². The van der Waals surface area contributed by atoms with Gasteiger partial charge < -0.3 is 5.11 Å². The smallest absolute Gasteiger partial charge is 0.317 e. The molecule has 1 aliphatic rings. The summed E-state index contributed by atoms with van der Waals surface area (Å²) in [6, 6.07) is 0. The zero-order chi connectivity index (χ0) is 14.8. The minimum absolute atomic E-state index is 0.114. The largest absolute Gasteiger partial charge is 0.480 e. The zero-order valence-electron chi connectivity index (χ0n) is 12.4. The molecule has 5 nitrogen and oxygen atoms in total. The van der Waals surface area contributed by atoms with Crippen LogP contribution in [-0.4, -0.2) is 58.6 Å². The van der Waals surface area contributed by atoms with Crippen molar-refractivity contribution >= 4 is 17.3 Å². The van der Waals surface area contributed by atoms with Crippen LogP contribution in [-0.2, 0) is 16.8 Å². The molecule has 0 aromatic carbocycles. The lowest BCUT2D eigenvalue weighted by Crippen LogP contribution is -2.47. The second kappa shape index (κ2) is 6.20. The summed E-state index contributed by atoms with van der Waals surface area (Å²) in [4.78, 5) is 19.7. The summed E-state index contributed by atoms with van der Waals surface area (Å²) in [5, 5.41) is 12.1. The number of piperazine rings is 1. The van der Waals surface area contributed by atoms with Crippen molar-refractivity contribution in [2.75, 3.05) is 32.7 Å². The van der Waals surface area contributed by atoms with E-state index < -0.39 is 5.97 Å². The first-order valence-corrected chi connectivity index (χ1v) is 7.84. The molecule has 0 bridgehead atoms. The van der Waals surface area contributed by atoms with Crippen LogP contribution in [0.2, 0.25) is 0 Å². The lowest BCUT2D eigenvalue weighted by Gasteiger charge is -2.33. The van der Waals surface area contributed by atoms with Crippen molar-refractivity contribution in [1.29, 1.82) is 0 Å². The fourth-order valence-corrected chi connectivity index (χ4v) is 3.15. The van der Waals surface area contributed by atoms with Crippen molar-refractivity contribution in [3.63, 3.8) is 0 Å². The number of rotatable bonds is 4. The maximum absolute atomic E-state index is 10.7. The molecular formula is C14H23N3O2S. The summed E-state index contributed by atoms with van der Waals surface area (Å²) < 4.78 is 0. The molecule has 6 heteroatoms. The molecule has 2 heterocycles. The molecular weight excluding hydrogens is 274 g/mol. The molecule has 1 aromatic rings. The van der Waals surface area contributed by atoms with Crippen LogP contribution in [0, 0.1) is 0 Å². The number of thiazole rings is 1. The second-order valence-electron chi connectivity index (χ2n) is 6.34. The summed E-state index contributed by atoms with van der Waals surface area (Å²) in [6.07, 6.45) is 0. The molecule has 1 N–H and O–H groups in total. The molecule has 1 saturated heterocycles. The molecule has 0 amide bonds. The monoisotopic (exact) mass is 297 g/mol. The molecule has 20 heavy (non-hydrogen) atoms. The number of aliphatic carboxylic acids is 1. The van der Waals surface area contributed by atoms with E-state index >= 15 is 0 Å². The average Bonchev–Trinajstić information content (AvgIpc) is 2.79. The molecule has 0 spiro atoms. The zero-order valence-corrected chi connectivity index (χ0v) is 13.2. The van der Waals surface area contributed by atoms with E-state index in [-0.39, 0.29) is 12.0 Å². The van der Waals surface area contributed by atoms with Crippen molar-refractivity contribution in [3.05, 3.63) is 16.1 Å². The van der Waals surface area contributed by atoms with Gasteiger partial charge >= 0.3 is 5.97 Å². The molecule has 0 radical (unpaired) electrons. The van der Waals surface area contributed by atoms with Gasteiger partial charge in [-0.05, 0) is 0 Å². The highest BCUT2D eigenvalue weighted by Crippen LogP contribution is 2.26. The summed E-state index contributed by atoms with van der Waals surface area (Å²) in [5.74, 6) is -0.743. The number of carboxylic acid groups (broad SMARTS) is 1. The van der Waals surface area contributed by atoms with E-state index in [1.165, 1.54) is 5.01 Å². The molecule has 0 unspecified atom stereocenters. The summed E-state index contributed by atoms with van der Waals surface area (Å²) in [7, 11) is 0. The Hall–Kier alpha value is -0.980. The Balaban J connectivity index is 1.84. The van der Waals surface area contributed by atoms with Crippen LogP contribution in [0.15, 0.2) is 5.38 Å². The number of hydrogen-bond donors (Lipinski definition) is 1. The van der Waals surface area contributed by atoms with Crippen LogP contribution in [0.1, 0.15) is 31.5 Å². The molecule has 1 aliphatic heterocycles. The predicted octanol–water partition coefficient (Wildman–Crippen LogP) is 1.64. The van der Waals surface area contributed by atoms with Gasteiger partial charge in [0, 0.05) is 43.5 Å². The van der Waals surface area contributed by atoms with Gasteiger partial charge in [0.15, 0.2) is 0 Å². The highest BCUT2D eigenvalue weighted by atomic mass is 32.1. The van der Waals surface area contributed by atoms with Crippen LogP contribution in [0.5, 0.6) is 0 Å². The van der Waals surface area contributed by atoms with Gasteiger partial charge in [0.2, 0.25) is 0 Å². The Morgan fingerprint density at radius 3 is 2.40 bits per heavy atom. The lowest BCUT2D eigenvalue weighted by molar-refractivity contribution is -0.138. The van der Waals surface area contributed by atoms with Crippen molar-refractivity contribution < 1.29 is 9.90 Å². The first-order valence-electron chi connectivity index (χ1n) is 6.96. The quantitative estimate of drug-likeness (QED) is 0.915. The molecule has 0 saturated carbocycles.